The van der Waals surface area contributed by atoms with E-state index in [1.165, 1.54) is 0 Å². The molecule has 16 heavy (non-hydrogen) atoms. The summed E-state index contributed by atoms with van der Waals surface area (Å²) in [6, 6.07) is 0. The summed E-state index contributed by atoms with van der Waals surface area (Å²) in [7, 11) is 2.01. The van der Waals surface area contributed by atoms with E-state index in [4.69, 9.17) is 0 Å². The highest BCUT2D eigenvalue weighted by molar-refractivity contribution is 5.09. The average molecular weight is 233 g/mol. The van der Waals surface area contributed by atoms with Gasteiger partial charge in [0.15, 0.2) is 0 Å². The molecule has 2 heterocycles. The van der Waals surface area contributed by atoms with Crippen LogP contribution in [0.3, 0.4) is 0 Å². The predicted molar refractivity (Wildman–Crippen MR) is 53.1 cm³/mol. The number of likely N-dealkylation sites (tertiary alicyclic amines) is 1. The van der Waals surface area contributed by atoms with Crippen molar-refractivity contribution in [2.24, 2.45) is 0 Å². The van der Waals surface area contributed by atoms with Crippen molar-refractivity contribution in [2.45, 2.75) is 24.9 Å². The van der Waals surface area contributed by atoms with Crippen molar-refractivity contribution in [3.63, 3.8) is 0 Å². The van der Waals surface area contributed by atoms with Crippen molar-refractivity contribution < 1.29 is 13.2 Å². The van der Waals surface area contributed by atoms with Gasteiger partial charge in [0.25, 0.3) is 0 Å². The summed E-state index contributed by atoms with van der Waals surface area (Å²) in [6.45, 7) is 1.82. The van der Waals surface area contributed by atoms with Crippen LogP contribution in [0.15, 0.2) is 6.20 Å². The second-order valence-electron chi connectivity index (χ2n) is 4.26. The van der Waals surface area contributed by atoms with E-state index in [1.54, 1.807) is 0 Å². The standard InChI is InChI=1S/C10H14F3N3/c1-16-4-2-7(3-5-16)9-14-6-8(15-9)10(11,12)13/h6-7H,2-5H2,1H3,(H,14,15). The molecule has 1 N–H and O–H groups in total. The Morgan fingerprint density at radius 3 is 2.50 bits per heavy atom. The van der Waals surface area contributed by atoms with Crippen LogP contribution in [0, 0.1) is 0 Å². The highest BCUT2D eigenvalue weighted by atomic mass is 19.4. The number of halogens is 3. The third-order valence-electron chi connectivity index (χ3n) is 3.01. The van der Waals surface area contributed by atoms with E-state index in [1.807, 2.05) is 7.05 Å². The molecule has 0 radical (unpaired) electrons. The Labute approximate surface area is 91.7 Å². The van der Waals surface area contributed by atoms with Gasteiger partial charge in [-0.05, 0) is 33.0 Å². The lowest BCUT2D eigenvalue weighted by Crippen LogP contribution is -2.29. The van der Waals surface area contributed by atoms with Gasteiger partial charge in [0.2, 0.25) is 0 Å². The molecule has 1 aliphatic rings. The maximum absolute atomic E-state index is 12.4. The molecule has 1 aliphatic heterocycles. The minimum atomic E-state index is -4.32. The van der Waals surface area contributed by atoms with Gasteiger partial charge in [-0.15, -0.1) is 0 Å². The summed E-state index contributed by atoms with van der Waals surface area (Å²) >= 11 is 0. The Bertz CT molecular complexity index is 350. The molecule has 1 fully saturated rings. The predicted octanol–water partition coefficient (Wildman–Crippen LogP) is 2.24. The number of aromatic nitrogens is 2. The van der Waals surface area contributed by atoms with Gasteiger partial charge >= 0.3 is 6.18 Å². The number of H-pyrrole nitrogens is 1. The van der Waals surface area contributed by atoms with Crippen LogP contribution in [-0.2, 0) is 6.18 Å². The fourth-order valence-corrected chi connectivity index (χ4v) is 1.97. The first-order valence-electron chi connectivity index (χ1n) is 5.27. The molecule has 0 spiro atoms. The Balaban J connectivity index is 2.08. The first kappa shape index (κ1) is 11.4. The van der Waals surface area contributed by atoms with Crippen LogP contribution in [0.1, 0.15) is 30.3 Å². The van der Waals surface area contributed by atoms with Gasteiger partial charge in [0, 0.05) is 5.92 Å². The number of aromatic amines is 1. The number of hydrogen-bond donors (Lipinski definition) is 1. The molecule has 0 atom stereocenters. The van der Waals surface area contributed by atoms with Crippen molar-refractivity contribution >= 4 is 0 Å². The van der Waals surface area contributed by atoms with Gasteiger partial charge in [-0.1, -0.05) is 0 Å². The maximum Gasteiger partial charge on any atom is 0.432 e. The normalized spacial score (nSPS) is 20.2. The molecule has 90 valence electrons. The molecule has 1 aromatic heterocycles. The molecule has 3 nitrogen and oxygen atoms in total. The molecule has 1 saturated heterocycles. The summed E-state index contributed by atoms with van der Waals surface area (Å²) in [6.07, 6.45) is -1.72. The summed E-state index contributed by atoms with van der Waals surface area (Å²) < 4.78 is 37.1. The summed E-state index contributed by atoms with van der Waals surface area (Å²) in [5.74, 6) is 0.604. The van der Waals surface area contributed by atoms with Gasteiger partial charge in [0.05, 0.1) is 6.20 Å². The molecular formula is C10H14F3N3. The van der Waals surface area contributed by atoms with Crippen molar-refractivity contribution in [2.75, 3.05) is 20.1 Å². The molecule has 6 heteroatoms. The van der Waals surface area contributed by atoms with Crippen LogP contribution < -0.4 is 0 Å². The summed E-state index contributed by atoms with van der Waals surface area (Å²) in [5, 5.41) is 0. The van der Waals surface area contributed by atoms with Crippen molar-refractivity contribution in [3.8, 4) is 0 Å². The Morgan fingerprint density at radius 2 is 2.00 bits per heavy atom. The zero-order chi connectivity index (χ0) is 11.8. The van der Waals surface area contributed by atoms with Gasteiger partial charge < -0.3 is 9.88 Å². The summed E-state index contributed by atoms with van der Waals surface area (Å²) in [5.41, 5.74) is -0.749. The van der Waals surface area contributed by atoms with Gasteiger partial charge in [-0.3, -0.25) is 0 Å². The molecule has 0 amide bonds. The van der Waals surface area contributed by atoms with Gasteiger partial charge in [0.1, 0.15) is 11.5 Å². The number of hydrogen-bond acceptors (Lipinski definition) is 2. The monoisotopic (exact) mass is 233 g/mol. The fourth-order valence-electron chi connectivity index (χ4n) is 1.97. The molecule has 2 rings (SSSR count). The fraction of sp³-hybridized carbons (Fsp3) is 0.700. The Morgan fingerprint density at radius 1 is 1.38 bits per heavy atom. The molecule has 1 aromatic rings. The van der Waals surface area contributed by atoms with Crippen LogP contribution >= 0.6 is 0 Å². The van der Waals surface area contributed by atoms with E-state index in [0.717, 1.165) is 32.1 Å². The molecular weight excluding hydrogens is 219 g/mol. The van der Waals surface area contributed by atoms with E-state index < -0.39 is 11.9 Å². The molecule has 0 aromatic carbocycles. The molecule has 0 aliphatic carbocycles. The van der Waals surface area contributed by atoms with E-state index in [-0.39, 0.29) is 5.92 Å². The van der Waals surface area contributed by atoms with E-state index in [9.17, 15) is 13.2 Å². The van der Waals surface area contributed by atoms with Crippen LogP contribution in [0.5, 0.6) is 0 Å². The average Bonchev–Trinajstić information content (AvgIpc) is 2.67. The maximum atomic E-state index is 12.4. The van der Waals surface area contributed by atoms with Crippen molar-refractivity contribution in [1.29, 1.82) is 0 Å². The van der Waals surface area contributed by atoms with Crippen molar-refractivity contribution in [3.05, 3.63) is 17.7 Å². The highest BCUT2D eigenvalue weighted by Gasteiger charge is 2.34. The first-order valence-corrected chi connectivity index (χ1v) is 5.27. The largest absolute Gasteiger partial charge is 0.432 e. The molecule has 0 saturated carbocycles. The Hall–Kier alpha value is -1.04. The summed E-state index contributed by atoms with van der Waals surface area (Å²) in [4.78, 5) is 8.39. The van der Waals surface area contributed by atoms with Crippen LogP contribution in [0.4, 0.5) is 13.2 Å². The minimum Gasteiger partial charge on any atom is -0.338 e. The lowest BCUT2D eigenvalue weighted by molar-refractivity contribution is -0.141. The SMILES string of the molecule is CN1CCC(c2ncc(C(F)(F)F)[nH]2)CC1. The van der Waals surface area contributed by atoms with E-state index in [0.29, 0.717) is 5.82 Å². The lowest BCUT2D eigenvalue weighted by Gasteiger charge is -2.27. The van der Waals surface area contributed by atoms with Gasteiger partial charge in [-0.2, -0.15) is 13.2 Å². The number of rotatable bonds is 1. The zero-order valence-electron chi connectivity index (χ0n) is 9.01. The van der Waals surface area contributed by atoms with Crippen molar-refractivity contribution in [1.82, 2.24) is 14.9 Å². The van der Waals surface area contributed by atoms with Crippen LogP contribution in [0.25, 0.3) is 0 Å². The smallest absolute Gasteiger partial charge is 0.338 e. The number of piperidine rings is 1. The van der Waals surface area contributed by atoms with E-state index >= 15 is 0 Å². The van der Waals surface area contributed by atoms with E-state index in [2.05, 4.69) is 14.9 Å². The third-order valence-corrected chi connectivity index (χ3v) is 3.01. The van der Waals surface area contributed by atoms with Crippen LogP contribution in [0.2, 0.25) is 0 Å². The third kappa shape index (κ3) is 2.37. The second kappa shape index (κ2) is 4.08. The number of nitrogens with zero attached hydrogens (tertiary/aromatic N) is 2. The number of nitrogens with one attached hydrogen (secondary N) is 1. The zero-order valence-corrected chi connectivity index (χ0v) is 9.01. The minimum absolute atomic E-state index is 0.132. The van der Waals surface area contributed by atoms with Crippen LogP contribution in [-0.4, -0.2) is 35.0 Å². The molecule has 0 bridgehead atoms. The van der Waals surface area contributed by atoms with Gasteiger partial charge in [-0.25, -0.2) is 4.98 Å². The molecule has 0 unspecified atom stereocenters. The number of imidazole rings is 1. The Kier molecular flexibility index (Phi) is 2.92. The quantitative estimate of drug-likeness (QED) is 0.806. The lowest BCUT2D eigenvalue weighted by atomic mass is 9.97. The topological polar surface area (TPSA) is 31.9 Å². The first-order chi connectivity index (χ1) is 7.47. The second-order valence-corrected chi connectivity index (χ2v) is 4.26. The number of alkyl halides is 3. The highest BCUT2D eigenvalue weighted by Crippen LogP contribution is 2.31.